The molecule has 2 N–H and O–H groups in total. The Morgan fingerprint density at radius 3 is 2.70 bits per heavy atom. The van der Waals surface area contributed by atoms with E-state index >= 15 is 0 Å². The third-order valence-electron chi connectivity index (χ3n) is 3.27. The summed E-state index contributed by atoms with van der Waals surface area (Å²) in [5, 5.41) is 6.18. The SMILES string of the molecule is Cc1ccc(NC2C(=O)Nc3cc(Br)ccc32)c(Br)c1. The van der Waals surface area contributed by atoms with Gasteiger partial charge in [0, 0.05) is 25.9 Å². The summed E-state index contributed by atoms with van der Waals surface area (Å²) in [7, 11) is 0. The van der Waals surface area contributed by atoms with E-state index in [0.29, 0.717) is 0 Å². The summed E-state index contributed by atoms with van der Waals surface area (Å²) in [6.45, 7) is 2.03. The highest BCUT2D eigenvalue weighted by Crippen LogP contribution is 2.36. The van der Waals surface area contributed by atoms with E-state index in [9.17, 15) is 4.79 Å². The predicted octanol–water partition coefficient (Wildman–Crippen LogP) is 4.63. The molecule has 5 heteroatoms. The van der Waals surface area contributed by atoms with Crippen LogP contribution in [0.3, 0.4) is 0 Å². The molecule has 0 spiro atoms. The molecule has 1 unspecified atom stereocenters. The number of amides is 1. The average molecular weight is 396 g/mol. The maximum absolute atomic E-state index is 12.1. The molecule has 1 aliphatic heterocycles. The van der Waals surface area contributed by atoms with Crippen LogP contribution < -0.4 is 10.6 Å². The van der Waals surface area contributed by atoms with Gasteiger partial charge in [-0.3, -0.25) is 4.79 Å². The number of fused-ring (bicyclic) bond motifs is 1. The van der Waals surface area contributed by atoms with Crippen molar-refractivity contribution in [3.8, 4) is 0 Å². The molecule has 0 saturated heterocycles. The van der Waals surface area contributed by atoms with E-state index in [1.165, 1.54) is 5.56 Å². The fourth-order valence-electron chi connectivity index (χ4n) is 2.27. The number of aryl methyl sites for hydroxylation is 1. The molecule has 2 aromatic rings. The number of halogens is 2. The van der Waals surface area contributed by atoms with Crippen LogP contribution in [0.4, 0.5) is 11.4 Å². The molecule has 0 aromatic heterocycles. The lowest BCUT2D eigenvalue weighted by Crippen LogP contribution is -2.19. The van der Waals surface area contributed by atoms with Gasteiger partial charge in [0.15, 0.2) is 0 Å². The van der Waals surface area contributed by atoms with Crippen LogP contribution in [-0.4, -0.2) is 5.91 Å². The van der Waals surface area contributed by atoms with Crippen LogP contribution in [0.15, 0.2) is 45.3 Å². The van der Waals surface area contributed by atoms with Crippen molar-refractivity contribution in [2.45, 2.75) is 13.0 Å². The third kappa shape index (κ3) is 2.47. The molecule has 20 heavy (non-hydrogen) atoms. The third-order valence-corrected chi connectivity index (χ3v) is 4.42. The first-order valence-electron chi connectivity index (χ1n) is 6.17. The molecule has 0 aliphatic carbocycles. The van der Waals surface area contributed by atoms with E-state index in [4.69, 9.17) is 0 Å². The monoisotopic (exact) mass is 394 g/mol. The minimum atomic E-state index is -0.364. The number of benzene rings is 2. The number of carbonyl (C=O) groups is 1. The van der Waals surface area contributed by atoms with Crippen molar-refractivity contribution >= 4 is 49.1 Å². The molecule has 3 rings (SSSR count). The van der Waals surface area contributed by atoms with Gasteiger partial charge in [-0.25, -0.2) is 0 Å². The van der Waals surface area contributed by atoms with Crippen molar-refractivity contribution < 1.29 is 4.79 Å². The van der Waals surface area contributed by atoms with Crippen molar-refractivity contribution in [1.82, 2.24) is 0 Å². The second-order valence-corrected chi connectivity index (χ2v) is 6.55. The summed E-state index contributed by atoms with van der Waals surface area (Å²) in [4.78, 5) is 12.1. The summed E-state index contributed by atoms with van der Waals surface area (Å²) >= 11 is 6.94. The van der Waals surface area contributed by atoms with Crippen molar-refractivity contribution in [2.75, 3.05) is 10.6 Å². The lowest BCUT2D eigenvalue weighted by Gasteiger charge is -2.15. The largest absolute Gasteiger partial charge is 0.369 e. The molecule has 1 amide bonds. The van der Waals surface area contributed by atoms with Gasteiger partial charge in [-0.15, -0.1) is 0 Å². The predicted molar refractivity (Wildman–Crippen MR) is 88.0 cm³/mol. The highest BCUT2D eigenvalue weighted by molar-refractivity contribution is 9.10. The second-order valence-electron chi connectivity index (χ2n) is 4.78. The Bertz CT molecular complexity index is 700. The molecule has 3 nitrogen and oxygen atoms in total. The summed E-state index contributed by atoms with van der Waals surface area (Å²) in [6.07, 6.45) is 0. The van der Waals surface area contributed by atoms with Gasteiger partial charge >= 0.3 is 0 Å². The van der Waals surface area contributed by atoms with Gasteiger partial charge in [0.1, 0.15) is 6.04 Å². The summed E-state index contributed by atoms with van der Waals surface area (Å²) < 4.78 is 1.91. The van der Waals surface area contributed by atoms with Crippen molar-refractivity contribution in [3.05, 3.63) is 56.5 Å². The van der Waals surface area contributed by atoms with Crippen LogP contribution in [0, 0.1) is 6.92 Å². The van der Waals surface area contributed by atoms with Gasteiger partial charge in [0.2, 0.25) is 0 Å². The zero-order chi connectivity index (χ0) is 14.3. The smallest absolute Gasteiger partial charge is 0.251 e. The Hall–Kier alpha value is -1.33. The fraction of sp³-hybridized carbons (Fsp3) is 0.133. The van der Waals surface area contributed by atoms with E-state index in [1.807, 2.05) is 43.3 Å². The van der Waals surface area contributed by atoms with E-state index in [1.54, 1.807) is 0 Å². The van der Waals surface area contributed by atoms with E-state index in [2.05, 4.69) is 42.5 Å². The van der Waals surface area contributed by atoms with Crippen molar-refractivity contribution in [3.63, 3.8) is 0 Å². The maximum atomic E-state index is 12.1. The zero-order valence-electron chi connectivity index (χ0n) is 10.7. The Balaban J connectivity index is 1.94. The quantitative estimate of drug-likeness (QED) is 0.778. The molecular weight excluding hydrogens is 384 g/mol. The molecule has 1 heterocycles. The highest BCUT2D eigenvalue weighted by atomic mass is 79.9. The fourth-order valence-corrected chi connectivity index (χ4v) is 3.24. The van der Waals surface area contributed by atoms with Gasteiger partial charge in [-0.1, -0.05) is 28.1 Å². The van der Waals surface area contributed by atoms with Gasteiger partial charge < -0.3 is 10.6 Å². The van der Waals surface area contributed by atoms with Crippen molar-refractivity contribution in [2.24, 2.45) is 0 Å². The molecule has 1 aliphatic rings. The minimum Gasteiger partial charge on any atom is -0.369 e. The normalized spacial score (nSPS) is 16.8. The lowest BCUT2D eigenvalue weighted by molar-refractivity contribution is -0.116. The maximum Gasteiger partial charge on any atom is 0.251 e. The molecule has 102 valence electrons. The molecule has 0 radical (unpaired) electrons. The van der Waals surface area contributed by atoms with Crippen LogP contribution in [0.1, 0.15) is 17.2 Å². The minimum absolute atomic E-state index is 0.0365. The first kappa shape index (κ1) is 13.6. The van der Waals surface area contributed by atoms with E-state index < -0.39 is 0 Å². The Morgan fingerprint density at radius 1 is 1.15 bits per heavy atom. The van der Waals surface area contributed by atoms with Gasteiger partial charge in [0.05, 0.1) is 0 Å². The summed E-state index contributed by atoms with van der Waals surface area (Å²) in [5.41, 5.74) is 3.89. The van der Waals surface area contributed by atoms with Crippen LogP contribution >= 0.6 is 31.9 Å². The lowest BCUT2D eigenvalue weighted by atomic mass is 10.1. The average Bonchev–Trinajstić information content (AvgIpc) is 2.68. The first-order valence-corrected chi connectivity index (χ1v) is 7.76. The molecule has 1 atom stereocenters. The van der Waals surface area contributed by atoms with Crippen LogP contribution in [-0.2, 0) is 4.79 Å². The topological polar surface area (TPSA) is 41.1 Å². The highest BCUT2D eigenvalue weighted by Gasteiger charge is 2.30. The molecule has 0 fully saturated rings. The Kier molecular flexibility index (Phi) is 3.56. The van der Waals surface area contributed by atoms with Gasteiger partial charge in [-0.05, 0) is 52.7 Å². The molecule has 0 bridgehead atoms. The number of hydrogen-bond acceptors (Lipinski definition) is 2. The number of carbonyl (C=O) groups excluding carboxylic acids is 1. The Labute approximate surface area is 134 Å². The van der Waals surface area contributed by atoms with Crippen LogP contribution in [0.2, 0.25) is 0 Å². The second kappa shape index (κ2) is 5.22. The molecular formula is C15H12Br2N2O. The first-order chi connectivity index (χ1) is 9.54. The zero-order valence-corrected chi connectivity index (χ0v) is 13.9. The number of anilines is 2. The summed E-state index contributed by atoms with van der Waals surface area (Å²) in [6, 6.07) is 11.5. The van der Waals surface area contributed by atoms with Crippen LogP contribution in [0.25, 0.3) is 0 Å². The van der Waals surface area contributed by atoms with Crippen molar-refractivity contribution in [1.29, 1.82) is 0 Å². The van der Waals surface area contributed by atoms with E-state index in [-0.39, 0.29) is 11.9 Å². The molecule has 0 saturated carbocycles. The summed E-state index contributed by atoms with van der Waals surface area (Å²) in [5.74, 6) is -0.0365. The number of hydrogen-bond donors (Lipinski definition) is 2. The number of nitrogens with one attached hydrogen (secondary N) is 2. The van der Waals surface area contributed by atoms with Crippen LogP contribution in [0.5, 0.6) is 0 Å². The van der Waals surface area contributed by atoms with Gasteiger partial charge in [0.25, 0.3) is 5.91 Å². The molecule has 2 aromatic carbocycles. The standard InChI is InChI=1S/C15H12Br2N2O/c1-8-2-5-12(11(17)6-8)18-14-10-4-3-9(16)7-13(10)19-15(14)20/h2-7,14,18H,1H3,(H,19,20). The van der Waals surface area contributed by atoms with Gasteiger partial charge in [-0.2, -0.15) is 0 Å². The number of rotatable bonds is 2. The Morgan fingerprint density at radius 2 is 1.95 bits per heavy atom. The van der Waals surface area contributed by atoms with E-state index in [0.717, 1.165) is 25.9 Å².